The van der Waals surface area contributed by atoms with Crippen LogP contribution in [-0.4, -0.2) is 0 Å². The van der Waals surface area contributed by atoms with Crippen molar-refractivity contribution >= 4 is 97.1 Å². The molecule has 0 unspecified atom stereocenters. The van der Waals surface area contributed by atoms with Gasteiger partial charge in [-0.05, 0) is 118 Å². The molecule has 13 rings (SSSR count). The summed E-state index contributed by atoms with van der Waals surface area (Å²) in [5.74, 6) is 0. The summed E-state index contributed by atoms with van der Waals surface area (Å²) in [6, 6.07) is 97.3. The first-order chi connectivity index (χ1) is 34.7. The van der Waals surface area contributed by atoms with Gasteiger partial charge in [-0.25, -0.2) is 0 Å². The Morgan fingerprint density at radius 1 is 0.257 bits per heavy atom. The number of para-hydroxylation sites is 2. The molecule has 0 saturated heterocycles. The minimum absolute atomic E-state index is 1.10. The zero-order valence-electron chi connectivity index (χ0n) is 38.1. The molecule has 0 spiro atoms. The quantitative estimate of drug-likeness (QED) is 0.135. The van der Waals surface area contributed by atoms with E-state index in [9.17, 15) is 0 Å². The Hall–Kier alpha value is -8.54. The molecule has 0 aliphatic rings. The van der Waals surface area contributed by atoms with Crippen molar-refractivity contribution in [2.75, 3.05) is 9.80 Å². The molecule has 2 aromatic heterocycles. The van der Waals surface area contributed by atoms with Crippen LogP contribution >= 0.6 is 22.7 Å². The summed E-state index contributed by atoms with van der Waals surface area (Å²) in [5.41, 5.74) is 16.3. The van der Waals surface area contributed by atoms with Crippen LogP contribution in [0.3, 0.4) is 0 Å². The van der Waals surface area contributed by atoms with E-state index in [0.717, 1.165) is 34.1 Å². The first-order valence-corrected chi connectivity index (χ1v) is 25.4. The van der Waals surface area contributed by atoms with E-state index >= 15 is 0 Å². The molecular weight excluding hydrogens is 885 g/mol. The molecule has 0 atom stereocenters. The predicted molar refractivity (Wildman–Crippen MR) is 303 cm³/mol. The average molecular weight is 929 g/mol. The molecule has 0 N–H and O–H groups in total. The standard InChI is InChI=1S/C66H44N2S2/c1-5-18-45(19-6-1)47-32-36-53(37-33-47)67(51-24-9-3-10-25-51)59-43-41-57-56-28-13-15-30-61(56)69-66(57)63(59)50-23-17-22-49(44-50)55-40-42-60(64-58-29-14-16-31-62(58)70-65(55)64)68(52-26-11-4-12-27-52)54-38-34-48(35-39-54)46-20-7-2-8-21-46/h1-44H. The molecule has 0 bridgehead atoms. The highest BCUT2D eigenvalue weighted by Crippen LogP contribution is 2.52. The van der Waals surface area contributed by atoms with Gasteiger partial charge in [0.05, 0.1) is 11.4 Å². The first-order valence-electron chi connectivity index (χ1n) is 23.7. The van der Waals surface area contributed by atoms with Crippen LogP contribution in [0.2, 0.25) is 0 Å². The molecule has 0 saturated carbocycles. The largest absolute Gasteiger partial charge is 0.310 e. The third kappa shape index (κ3) is 7.42. The van der Waals surface area contributed by atoms with Gasteiger partial charge in [-0.1, -0.05) is 188 Å². The van der Waals surface area contributed by atoms with Crippen molar-refractivity contribution in [3.05, 3.63) is 267 Å². The fraction of sp³-hybridized carbons (Fsp3) is 0. The maximum absolute atomic E-state index is 2.43. The van der Waals surface area contributed by atoms with Gasteiger partial charge in [0.25, 0.3) is 0 Å². The summed E-state index contributed by atoms with van der Waals surface area (Å²) in [4.78, 5) is 4.86. The van der Waals surface area contributed by atoms with E-state index in [2.05, 4.69) is 277 Å². The van der Waals surface area contributed by atoms with Crippen LogP contribution in [0, 0.1) is 0 Å². The van der Waals surface area contributed by atoms with E-state index in [4.69, 9.17) is 0 Å². The molecule has 2 nitrogen and oxygen atoms in total. The highest BCUT2D eigenvalue weighted by atomic mass is 32.1. The third-order valence-electron chi connectivity index (χ3n) is 13.5. The maximum atomic E-state index is 2.43. The number of thiophene rings is 2. The van der Waals surface area contributed by atoms with Gasteiger partial charge in [-0.2, -0.15) is 0 Å². The average Bonchev–Trinajstić information content (AvgIpc) is 4.02. The lowest BCUT2D eigenvalue weighted by atomic mass is 9.94. The Labute approximate surface area is 415 Å². The van der Waals surface area contributed by atoms with E-state index < -0.39 is 0 Å². The minimum Gasteiger partial charge on any atom is -0.310 e. The van der Waals surface area contributed by atoms with Crippen LogP contribution < -0.4 is 9.80 Å². The third-order valence-corrected chi connectivity index (χ3v) is 15.9. The molecule has 11 aromatic carbocycles. The SMILES string of the molecule is c1ccc(-c2ccc(N(c3ccccc3)c3ccc4c(sc5ccccc54)c3-c3cccc(-c4ccc(N(c5ccccc5)c5ccc(-c6ccccc6)cc5)c5c4sc4ccccc45)c3)cc2)cc1. The van der Waals surface area contributed by atoms with Crippen molar-refractivity contribution < 1.29 is 0 Å². The first kappa shape index (κ1) is 41.6. The smallest absolute Gasteiger partial charge is 0.0555 e. The van der Waals surface area contributed by atoms with Gasteiger partial charge in [0, 0.05) is 68.7 Å². The van der Waals surface area contributed by atoms with Crippen LogP contribution in [0.4, 0.5) is 34.1 Å². The summed E-state index contributed by atoms with van der Waals surface area (Å²) in [7, 11) is 0. The maximum Gasteiger partial charge on any atom is 0.0555 e. The fourth-order valence-electron chi connectivity index (χ4n) is 10.2. The van der Waals surface area contributed by atoms with Crippen LogP contribution in [0.15, 0.2) is 267 Å². The lowest BCUT2D eigenvalue weighted by Crippen LogP contribution is -2.11. The number of hydrogen-bond donors (Lipinski definition) is 0. The van der Waals surface area contributed by atoms with Crippen molar-refractivity contribution in [1.29, 1.82) is 0 Å². The van der Waals surface area contributed by atoms with Gasteiger partial charge in [-0.15, -0.1) is 22.7 Å². The second-order valence-electron chi connectivity index (χ2n) is 17.6. The van der Waals surface area contributed by atoms with E-state index in [1.54, 1.807) is 0 Å². The van der Waals surface area contributed by atoms with Gasteiger partial charge < -0.3 is 9.80 Å². The Morgan fingerprint density at radius 2 is 0.686 bits per heavy atom. The summed E-state index contributed by atoms with van der Waals surface area (Å²) in [6.07, 6.45) is 0. The molecule has 0 aliphatic heterocycles. The summed E-state index contributed by atoms with van der Waals surface area (Å²) in [5, 5.41) is 5.06. The molecule has 13 aromatic rings. The second-order valence-corrected chi connectivity index (χ2v) is 19.7. The molecule has 0 fully saturated rings. The molecule has 330 valence electrons. The van der Waals surface area contributed by atoms with Gasteiger partial charge in [0.15, 0.2) is 0 Å². The predicted octanol–water partition coefficient (Wildman–Crippen LogP) is 20.0. The van der Waals surface area contributed by atoms with Gasteiger partial charge in [0.2, 0.25) is 0 Å². The molecule has 4 heteroatoms. The highest BCUT2D eigenvalue weighted by molar-refractivity contribution is 7.27. The monoisotopic (exact) mass is 928 g/mol. The molecule has 0 radical (unpaired) electrons. The van der Waals surface area contributed by atoms with Crippen LogP contribution in [0.25, 0.3) is 84.9 Å². The van der Waals surface area contributed by atoms with E-state index in [1.165, 1.54) is 84.9 Å². The second kappa shape index (κ2) is 17.8. The van der Waals surface area contributed by atoms with Crippen LogP contribution in [0.5, 0.6) is 0 Å². The zero-order chi connectivity index (χ0) is 46.4. The number of anilines is 6. The number of nitrogens with zero attached hydrogens (tertiary/aromatic N) is 2. The Balaban J connectivity index is 1.00. The molecular formula is C66H44N2S2. The lowest BCUT2D eigenvalue weighted by molar-refractivity contribution is 1.29. The van der Waals surface area contributed by atoms with Crippen LogP contribution in [-0.2, 0) is 0 Å². The molecule has 0 amide bonds. The van der Waals surface area contributed by atoms with E-state index in [1.807, 2.05) is 22.7 Å². The fourth-order valence-corrected chi connectivity index (χ4v) is 12.7. The van der Waals surface area contributed by atoms with Crippen molar-refractivity contribution in [2.45, 2.75) is 0 Å². The molecule has 70 heavy (non-hydrogen) atoms. The Bertz CT molecular complexity index is 3970. The lowest BCUT2D eigenvalue weighted by Gasteiger charge is -2.28. The summed E-state index contributed by atoms with van der Waals surface area (Å²) in [6.45, 7) is 0. The van der Waals surface area contributed by atoms with Gasteiger partial charge >= 0.3 is 0 Å². The highest BCUT2D eigenvalue weighted by Gasteiger charge is 2.24. The van der Waals surface area contributed by atoms with E-state index in [-0.39, 0.29) is 0 Å². The Kier molecular flexibility index (Phi) is 10.6. The summed E-state index contributed by atoms with van der Waals surface area (Å²) < 4.78 is 5.09. The number of benzene rings is 11. The van der Waals surface area contributed by atoms with Gasteiger partial charge in [0.1, 0.15) is 0 Å². The van der Waals surface area contributed by atoms with Crippen molar-refractivity contribution in [3.8, 4) is 44.5 Å². The molecule has 0 aliphatic carbocycles. The number of hydrogen-bond acceptors (Lipinski definition) is 4. The van der Waals surface area contributed by atoms with Crippen molar-refractivity contribution in [2.24, 2.45) is 0 Å². The Morgan fingerprint density at radius 3 is 1.29 bits per heavy atom. The molecule has 2 heterocycles. The number of rotatable bonds is 10. The normalized spacial score (nSPS) is 11.4. The van der Waals surface area contributed by atoms with Gasteiger partial charge in [-0.3, -0.25) is 0 Å². The minimum atomic E-state index is 1.10. The van der Waals surface area contributed by atoms with Crippen molar-refractivity contribution in [3.63, 3.8) is 0 Å². The van der Waals surface area contributed by atoms with Crippen molar-refractivity contribution in [1.82, 2.24) is 0 Å². The van der Waals surface area contributed by atoms with Crippen LogP contribution in [0.1, 0.15) is 0 Å². The topological polar surface area (TPSA) is 6.48 Å². The summed E-state index contributed by atoms with van der Waals surface area (Å²) >= 11 is 3.76. The van der Waals surface area contributed by atoms with E-state index in [0.29, 0.717) is 0 Å². The number of fused-ring (bicyclic) bond motifs is 6. The zero-order valence-corrected chi connectivity index (χ0v) is 39.7.